The van der Waals surface area contributed by atoms with E-state index in [4.69, 9.17) is 0 Å². The number of carbonyl (C=O) groups is 1. The highest BCUT2D eigenvalue weighted by Gasteiger charge is 2.14. The number of hydrogen-bond donors (Lipinski definition) is 1. The van der Waals surface area contributed by atoms with Crippen molar-refractivity contribution in [1.29, 1.82) is 0 Å². The third kappa shape index (κ3) is 4.31. The van der Waals surface area contributed by atoms with Crippen molar-refractivity contribution >= 4 is 23.2 Å². The third-order valence-corrected chi connectivity index (χ3v) is 4.51. The molecule has 0 atom stereocenters. The predicted molar refractivity (Wildman–Crippen MR) is 110 cm³/mol. The lowest BCUT2D eigenvalue weighted by Gasteiger charge is -2.21. The van der Waals surface area contributed by atoms with Gasteiger partial charge in [-0.05, 0) is 74.7 Å². The molecule has 0 unspecified atom stereocenters. The Bertz CT molecular complexity index is 968. The van der Waals surface area contributed by atoms with E-state index >= 15 is 0 Å². The molecule has 0 bridgehead atoms. The second-order valence-corrected chi connectivity index (χ2v) is 6.58. The summed E-state index contributed by atoms with van der Waals surface area (Å²) in [4.78, 5) is 23.5. The van der Waals surface area contributed by atoms with Crippen LogP contribution in [0.5, 0.6) is 0 Å². The number of hydrogen-bond acceptors (Lipinski definition) is 4. The van der Waals surface area contributed by atoms with Crippen molar-refractivity contribution in [3.05, 3.63) is 77.1 Å². The fourth-order valence-corrected chi connectivity index (χ4v) is 2.85. The van der Waals surface area contributed by atoms with Gasteiger partial charge in [0, 0.05) is 24.1 Å². The molecular weight excluding hydrogens is 336 g/mol. The molecule has 0 saturated heterocycles. The van der Waals surface area contributed by atoms with Crippen LogP contribution in [0.3, 0.4) is 0 Å². The normalized spacial score (nSPS) is 10.5. The summed E-state index contributed by atoms with van der Waals surface area (Å²) < 4.78 is 0. The molecule has 5 heteroatoms. The average molecular weight is 360 g/mol. The predicted octanol–water partition coefficient (Wildman–Crippen LogP) is 4.81. The first-order valence-electron chi connectivity index (χ1n) is 9.04. The zero-order chi connectivity index (χ0) is 19.4. The Morgan fingerprint density at radius 3 is 2.56 bits per heavy atom. The molecule has 0 spiro atoms. The van der Waals surface area contributed by atoms with Crippen molar-refractivity contribution in [2.24, 2.45) is 0 Å². The molecule has 138 valence electrons. The molecular formula is C22H24N4O. The fraction of sp³-hybridized carbons (Fsp3) is 0.227. The summed E-state index contributed by atoms with van der Waals surface area (Å²) in [6.45, 7) is 8.85. The highest BCUT2D eigenvalue weighted by Crippen LogP contribution is 2.23. The van der Waals surface area contributed by atoms with Crippen molar-refractivity contribution in [2.75, 3.05) is 16.8 Å². The van der Waals surface area contributed by atoms with Crippen LogP contribution < -0.4 is 10.2 Å². The van der Waals surface area contributed by atoms with Crippen molar-refractivity contribution in [3.63, 3.8) is 0 Å². The molecule has 0 aliphatic heterocycles. The van der Waals surface area contributed by atoms with Crippen LogP contribution in [0.4, 0.5) is 17.3 Å². The first-order valence-corrected chi connectivity index (χ1v) is 9.04. The molecule has 0 aliphatic rings. The van der Waals surface area contributed by atoms with Gasteiger partial charge in [-0.15, -0.1) is 0 Å². The van der Waals surface area contributed by atoms with E-state index in [0.717, 1.165) is 22.5 Å². The van der Waals surface area contributed by atoms with Crippen LogP contribution in [0.2, 0.25) is 0 Å². The molecule has 0 saturated carbocycles. The van der Waals surface area contributed by atoms with E-state index in [9.17, 15) is 4.79 Å². The molecule has 0 radical (unpaired) electrons. The molecule has 1 amide bonds. The summed E-state index contributed by atoms with van der Waals surface area (Å²) in [5.74, 6) is 0.262. The number of carbonyl (C=O) groups excluding carboxylic acids is 1. The Morgan fingerprint density at radius 2 is 1.85 bits per heavy atom. The minimum atomic E-state index is -0.248. The summed E-state index contributed by atoms with van der Waals surface area (Å²) in [6.07, 6.45) is 1.62. The lowest BCUT2D eigenvalue weighted by molar-refractivity contribution is 0.102. The summed E-state index contributed by atoms with van der Waals surface area (Å²) in [6, 6.07) is 15.6. The second-order valence-electron chi connectivity index (χ2n) is 6.58. The van der Waals surface area contributed by atoms with Crippen molar-refractivity contribution in [1.82, 2.24) is 9.97 Å². The summed E-state index contributed by atoms with van der Waals surface area (Å²) in [5, 5.41) is 2.91. The Labute approximate surface area is 160 Å². The second kappa shape index (κ2) is 7.99. The van der Waals surface area contributed by atoms with E-state index in [1.165, 1.54) is 5.56 Å². The molecule has 1 aromatic heterocycles. The molecule has 1 heterocycles. The summed E-state index contributed by atoms with van der Waals surface area (Å²) in [7, 11) is 0. The smallest absolute Gasteiger partial charge is 0.274 e. The van der Waals surface area contributed by atoms with Crippen LogP contribution in [-0.4, -0.2) is 22.4 Å². The maximum Gasteiger partial charge on any atom is 0.274 e. The third-order valence-electron chi connectivity index (χ3n) is 4.51. The van der Waals surface area contributed by atoms with Crippen LogP contribution in [0, 0.1) is 20.8 Å². The van der Waals surface area contributed by atoms with Gasteiger partial charge < -0.3 is 10.2 Å². The number of rotatable bonds is 5. The number of nitrogens with zero attached hydrogens (tertiary/aromatic N) is 3. The molecule has 2 aromatic carbocycles. The SMILES string of the molecule is CCN(c1cccc(C)c1)c1nccc(C(=O)Nc2ccc(C)c(C)c2)n1. The largest absolute Gasteiger partial charge is 0.321 e. The van der Waals surface area contributed by atoms with E-state index in [1.807, 2.05) is 69.0 Å². The first kappa shape index (κ1) is 18.6. The maximum absolute atomic E-state index is 12.6. The van der Waals surface area contributed by atoms with Crippen LogP contribution in [0.1, 0.15) is 34.1 Å². The van der Waals surface area contributed by atoms with Gasteiger partial charge in [0.05, 0.1) is 0 Å². The van der Waals surface area contributed by atoms with E-state index in [0.29, 0.717) is 18.2 Å². The van der Waals surface area contributed by atoms with Gasteiger partial charge in [-0.1, -0.05) is 18.2 Å². The number of aryl methyl sites for hydroxylation is 3. The average Bonchev–Trinajstić information content (AvgIpc) is 2.66. The van der Waals surface area contributed by atoms with Crippen LogP contribution >= 0.6 is 0 Å². The van der Waals surface area contributed by atoms with Gasteiger partial charge in [-0.3, -0.25) is 4.79 Å². The van der Waals surface area contributed by atoms with E-state index in [-0.39, 0.29) is 5.91 Å². The Kier molecular flexibility index (Phi) is 5.50. The Hall–Kier alpha value is -3.21. The lowest BCUT2D eigenvalue weighted by Crippen LogP contribution is -2.21. The molecule has 1 N–H and O–H groups in total. The van der Waals surface area contributed by atoms with Crippen molar-refractivity contribution in [3.8, 4) is 0 Å². The van der Waals surface area contributed by atoms with Crippen LogP contribution in [0.15, 0.2) is 54.7 Å². The van der Waals surface area contributed by atoms with E-state index < -0.39 is 0 Å². The minimum Gasteiger partial charge on any atom is -0.321 e. The zero-order valence-electron chi connectivity index (χ0n) is 16.2. The topological polar surface area (TPSA) is 58.1 Å². The summed E-state index contributed by atoms with van der Waals surface area (Å²) >= 11 is 0. The minimum absolute atomic E-state index is 0.248. The number of amides is 1. The van der Waals surface area contributed by atoms with Crippen molar-refractivity contribution < 1.29 is 4.79 Å². The quantitative estimate of drug-likeness (QED) is 0.709. The van der Waals surface area contributed by atoms with E-state index in [2.05, 4.69) is 21.4 Å². The first-order chi connectivity index (χ1) is 13.0. The number of anilines is 3. The molecule has 27 heavy (non-hydrogen) atoms. The van der Waals surface area contributed by atoms with Crippen LogP contribution in [0.25, 0.3) is 0 Å². The molecule has 0 fully saturated rings. The Morgan fingerprint density at radius 1 is 1.04 bits per heavy atom. The molecule has 0 aliphatic carbocycles. The highest BCUT2D eigenvalue weighted by molar-refractivity contribution is 6.03. The monoisotopic (exact) mass is 360 g/mol. The lowest BCUT2D eigenvalue weighted by atomic mass is 10.1. The number of nitrogens with one attached hydrogen (secondary N) is 1. The Balaban J connectivity index is 1.85. The maximum atomic E-state index is 12.6. The molecule has 3 rings (SSSR count). The number of aromatic nitrogens is 2. The molecule has 5 nitrogen and oxygen atoms in total. The molecule has 3 aromatic rings. The van der Waals surface area contributed by atoms with Gasteiger partial charge in [-0.25, -0.2) is 9.97 Å². The van der Waals surface area contributed by atoms with Gasteiger partial charge in [-0.2, -0.15) is 0 Å². The standard InChI is InChI=1S/C22H24N4O/c1-5-26(19-8-6-7-15(2)13-19)22-23-12-11-20(25-22)21(27)24-18-10-9-16(3)17(4)14-18/h6-14H,5H2,1-4H3,(H,24,27). The van der Waals surface area contributed by atoms with Gasteiger partial charge >= 0.3 is 0 Å². The fourth-order valence-electron chi connectivity index (χ4n) is 2.85. The number of benzene rings is 2. The van der Waals surface area contributed by atoms with Gasteiger partial charge in [0.25, 0.3) is 5.91 Å². The van der Waals surface area contributed by atoms with E-state index in [1.54, 1.807) is 12.3 Å². The van der Waals surface area contributed by atoms with Gasteiger partial charge in [0.2, 0.25) is 5.95 Å². The van der Waals surface area contributed by atoms with Gasteiger partial charge in [0.1, 0.15) is 5.69 Å². The summed E-state index contributed by atoms with van der Waals surface area (Å²) in [5.41, 5.74) is 5.58. The van der Waals surface area contributed by atoms with Crippen LogP contribution in [-0.2, 0) is 0 Å². The highest BCUT2D eigenvalue weighted by atomic mass is 16.1. The van der Waals surface area contributed by atoms with Gasteiger partial charge in [0.15, 0.2) is 0 Å². The zero-order valence-corrected chi connectivity index (χ0v) is 16.2. The van der Waals surface area contributed by atoms with Crippen molar-refractivity contribution in [2.45, 2.75) is 27.7 Å².